The molecule has 5 heteroatoms. The van der Waals surface area contributed by atoms with Crippen molar-refractivity contribution in [1.82, 2.24) is 4.90 Å². The number of ether oxygens (including phenoxy) is 1. The second-order valence-corrected chi connectivity index (χ2v) is 6.43. The van der Waals surface area contributed by atoms with E-state index in [0.29, 0.717) is 13.1 Å². The predicted octanol–water partition coefficient (Wildman–Crippen LogP) is 1.34. The monoisotopic (exact) mass is 258 g/mol. The Balaban J connectivity index is 2.61. The molecule has 0 radical (unpaired) electrons. The van der Waals surface area contributed by atoms with Gasteiger partial charge in [0.25, 0.3) is 0 Å². The van der Waals surface area contributed by atoms with Gasteiger partial charge in [-0.3, -0.25) is 0 Å². The van der Waals surface area contributed by atoms with Gasteiger partial charge < -0.3 is 20.5 Å². The zero-order chi connectivity index (χ0) is 14.0. The number of nitrogens with zero attached hydrogens (tertiary/aromatic N) is 1. The van der Waals surface area contributed by atoms with Crippen molar-refractivity contribution in [2.75, 3.05) is 19.7 Å². The molecule has 18 heavy (non-hydrogen) atoms. The minimum atomic E-state index is -0.638. The van der Waals surface area contributed by atoms with Crippen molar-refractivity contribution in [2.45, 2.75) is 51.7 Å². The van der Waals surface area contributed by atoms with E-state index in [9.17, 15) is 9.90 Å². The fraction of sp³-hybridized carbons (Fsp3) is 0.923. The first-order chi connectivity index (χ1) is 8.15. The van der Waals surface area contributed by atoms with Crippen LogP contribution in [0.2, 0.25) is 0 Å². The molecular weight excluding hydrogens is 232 g/mol. The number of carbonyl (C=O) groups is 1. The summed E-state index contributed by atoms with van der Waals surface area (Å²) in [6.07, 6.45) is 1.55. The summed E-state index contributed by atoms with van der Waals surface area (Å²) in [6.45, 7) is 8.58. The average molecular weight is 258 g/mol. The summed E-state index contributed by atoms with van der Waals surface area (Å²) < 4.78 is 5.36. The lowest BCUT2D eigenvalue weighted by atomic mass is 9.81. The van der Waals surface area contributed by atoms with Crippen LogP contribution in [0.3, 0.4) is 0 Å². The number of hydrogen-bond donors (Lipinski definition) is 2. The second kappa shape index (κ2) is 5.45. The molecule has 1 heterocycles. The Morgan fingerprint density at radius 3 is 2.56 bits per heavy atom. The summed E-state index contributed by atoms with van der Waals surface area (Å²) in [4.78, 5) is 13.7. The van der Waals surface area contributed by atoms with Crippen LogP contribution in [0.25, 0.3) is 0 Å². The first kappa shape index (κ1) is 15.2. The quantitative estimate of drug-likeness (QED) is 0.784. The van der Waals surface area contributed by atoms with Crippen LogP contribution in [-0.4, -0.2) is 46.9 Å². The molecule has 0 bridgehead atoms. The summed E-state index contributed by atoms with van der Waals surface area (Å²) in [7, 11) is 0. The fourth-order valence-corrected chi connectivity index (χ4v) is 2.14. The summed E-state index contributed by atoms with van der Waals surface area (Å²) in [5.41, 5.74) is 4.93. The molecule has 3 N–H and O–H groups in total. The normalized spacial score (nSPS) is 24.6. The van der Waals surface area contributed by atoms with Gasteiger partial charge in [0.2, 0.25) is 0 Å². The average Bonchev–Trinajstić information content (AvgIpc) is 2.27. The zero-order valence-corrected chi connectivity index (χ0v) is 11.9. The third kappa shape index (κ3) is 4.14. The molecule has 0 spiro atoms. The fourth-order valence-electron chi connectivity index (χ4n) is 2.14. The van der Waals surface area contributed by atoms with Crippen LogP contribution in [0.4, 0.5) is 4.79 Å². The summed E-state index contributed by atoms with van der Waals surface area (Å²) in [5.74, 6) is 0.115. The van der Waals surface area contributed by atoms with Crippen LogP contribution in [0.1, 0.15) is 40.5 Å². The van der Waals surface area contributed by atoms with Gasteiger partial charge in [0, 0.05) is 18.6 Å². The zero-order valence-electron chi connectivity index (χ0n) is 11.9. The van der Waals surface area contributed by atoms with Crippen molar-refractivity contribution in [3.05, 3.63) is 0 Å². The number of aliphatic hydroxyl groups is 1. The number of piperidine rings is 1. The van der Waals surface area contributed by atoms with E-state index < -0.39 is 11.1 Å². The molecule has 0 aromatic rings. The highest BCUT2D eigenvalue weighted by atomic mass is 16.6. The Morgan fingerprint density at radius 1 is 1.44 bits per heavy atom. The second-order valence-electron chi connectivity index (χ2n) is 6.43. The van der Waals surface area contributed by atoms with Crippen molar-refractivity contribution >= 4 is 6.09 Å². The first-order valence-corrected chi connectivity index (χ1v) is 6.53. The Morgan fingerprint density at radius 2 is 2.06 bits per heavy atom. The highest BCUT2D eigenvalue weighted by molar-refractivity contribution is 5.68. The number of carbonyl (C=O) groups excluding carboxylic acids is 1. The van der Waals surface area contributed by atoms with Crippen LogP contribution in [0.5, 0.6) is 0 Å². The first-order valence-electron chi connectivity index (χ1n) is 6.53. The van der Waals surface area contributed by atoms with Gasteiger partial charge in [0.05, 0.1) is 6.61 Å². The molecule has 2 unspecified atom stereocenters. The molecule has 1 saturated heterocycles. The van der Waals surface area contributed by atoms with E-state index in [0.717, 1.165) is 12.8 Å². The molecule has 2 atom stereocenters. The molecule has 1 fully saturated rings. The Hall–Kier alpha value is -0.810. The van der Waals surface area contributed by atoms with Gasteiger partial charge in [-0.25, -0.2) is 4.79 Å². The van der Waals surface area contributed by atoms with Crippen LogP contribution < -0.4 is 5.73 Å². The topological polar surface area (TPSA) is 75.8 Å². The predicted molar refractivity (Wildman–Crippen MR) is 70.2 cm³/mol. The van der Waals surface area contributed by atoms with E-state index in [-0.39, 0.29) is 18.6 Å². The van der Waals surface area contributed by atoms with Crippen molar-refractivity contribution in [2.24, 2.45) is 11.7 Å². The minimum absolute atomic E-state index is 0.0696. The number of nitrogens with two attached hydrogens (primary N) is 1. The van der Waals surface area contributed by atoms with Gasteiger partial charge in [-0.2, -0.15) is 0 Å². The molecule has 0 saturated carbocycles. The van der Waals surface area contributed by atoms with E-state index >= 15 is 0 Å². The van der Waals surface area contributed by atoms with E-state index in [1.807, 2.05) is 27.7 Å². The Labute approximate surface area is 109 Å². The van der Waals surface area contributed by atoms with Crippen molar-refractivity contribution < 1.29 is 14.6 Å². The maximum absolute atomic E-state index is 12.0. The molecule has 5 nitrogen and oxygen atoms in total. The van der Waals surface area contributed by atoms with E-state index in [2.05, 4.69) is 0 Å². The smallest absolute Gasteiger partial charge is 0.410 e. The van der Waals surface area contributed by atoms with Crippen molar-refractivity contribution in [3.63, 3.8) is 0 Å². The number of amides is 1. The number of likely N-dealkylation sites (tertiary alicyclic amines) is 1. The molecule has 106 valence electrons. The molecule has 0 aromatic carbocycles. The molecule has 0 aromatic heterocycles. The third-order valence-electron chi connectivity index (χ3n) is 3.35. The standard InChI is InChI=1S/C13H26N2O3/c1-12(2,3)18-11(17)15-7-5-6-10(8-15)13(4,14)9-16/h10,16H,5-9,14H2,1-4H3. The lowest BCUT2D eigenvalue weighted by Crippen LogP contribution is -2.55. The van der Waals surface area contributed by atoms with Crippen molar-refractivity contribution in [3.8, 4) is 0 Å². The summed E-state index contributed by atoms with van der Waals surface area (Å²) in [5, 5.41) is 9.30. The molecule has 1 rings (SSSR count). The minimum Gasteiger partial charge on any atom is -0.444 e. The number of aliphatic hydroxyl groups excluding tert-OH is 1. The molecule has 1 aliphatic heterocycles. The van der Waals surface area contributed by atoms with Crippen LogP contribution >= 0.6 is 0 Å². The molecule has 0 aliphatic carbocycles. The van der Waals surface area contributed by atoms with Gasteiger partial charge in [-0.1, -0.05) is 0 Å². The lowest BCUT2D eigenvalue weighted by Gasteiger charge is -2.40. The van der Waals surface area contributed by atoms with Crippen LogP contribution in [-0.2, 0) is 4.74 Å². The molecule has 1 amide bonds. The molecule has 1 aliphatic rings. The third-order valence-corrected chi connectivity index (χ3v) is 3.35. The van der Waals surface area contributed by atoms with Gasteiger partial charge >= 0.3 is 6.09 Å². The number of hydrogen-bond acceptors (Lipinski definition) is 4. The maximum atomic E-state index is 12.0. The van der Waals surface area contributed by atoms with Crippen LogP contribution in [0.15, 0.2) is 0 Å². The number of rotatable bonds is 2. The van der Waals surface area contributed by atoms with Gasteiger partial charge in [0.1, 0.15) is 5.60 Å². The SMILES string of the molecule is CC(C)(C)OC(=O)N1CCCC(C(C)(N)CO)C1. The lowest BCUT2D eigenvalue weighted by molar-refractivity contribution is 0.00861. The largest absolute Gasteiger partial charge is 0.444 e. The Kier molecular flexibility index (Phi) is 4.61. The summed E-state index contributed by atoms with van der Waals surface area (Å²) >= 11 is 0. The van der Waals surface area contributed by atoms with Gasteiger partial charge in [0.15, 0.2) is 0 Å². The molecular formula is C13H26N2O3. The highest BCUT2D eigenvalue weighted by Gasteiger charge is 2.35. The van der Waals surface area contributed by atoms with Gasteiger partial charge in [-0.15, -0.1) is 0 Å². The maximum Gasteiger partial charge on any atom is 0.410 e. The Bertz CT molecular complexity index is 297. The van der Waals surface area contributed by atoms with E-state index in [4.69, 9.17) is 10.5 Å². The van der Waals surface area contributed by atoms with E-state index in [1.54, 1.807) is 4.90 Å². The van der Waals surface area contributed by atoms with Crippen molar-refractivity contribution in [1.29, 1.82) is 0 Å². The van der Waals surface area contributed by atoms with E-state index in [1.165, 1.54) is 0 Å². The van der Waals surface area contributed by atoms with Crippen LogP contribution in [0, 0.1) is 5.92 Å². The summed E-state index contributed by atoms with van der Waals surface area (Å²) in [6, 6.07) is 0. The highest BCUT2D eigenvalue weighted by Crippen LogP contribution is 2.26. The van der Waals surface area contributed by atoms with Gasteiger partial charge in [-0.05, 0) is 46.5 Å².